The number of methoxy groups -OCH3 is 2. The maximum atomic E-state index is 13.2. The normalized spacial score (nSPS) is 11.4. The Hall–Kier alpha value is -3.32. The van der Waals surface area contributed by atoms with Gasteiger partial charge in [-0.25, -0.2) is 0 Å². The summed E-state index contributed by atoms with van der Waals surface area (Å²) < 4.78 is 10.4. The largest absolute Gasteiger partial charge is 0.497 e. The fraction of sp³-hybridized carbons (Fsp3) is 0.217. The average Bonchev–Trinajstić information content (AvgIpc) is 3.28. The molecule has 2 amide bonds. The maximum absolute atomic E-state index is 13.2. The Morgan fingerprint density at radius 1 is 0.967 bits per heavy atom. The fourth-order valence-electron chi connectivity index (χ4n) is 3.05. The van der Waals surface area contributed by atoms with Gasteiger partial charge in [-0.2, -0.15) is 0 Å². The molecule has 0 saturated carbocycles. The molecule has 0 bridgehead atoms. The summed E-state index contributed by atoms with van der Waals surface area (Å²) in [6.45, 7) is 0. The van der Waals surface area contributed by atoms with Crippen molar-refractivity contribution in [1.29, 1.82) is 0 Å². The maximum Gasteiger partial charge on any atom is 0.251 e. The van der Waals surface area contributed by atoms with Crippen LogP contribution in [0, 0.1) is 0 Å². The monoisotopic (exact) mass is 424 g/mol. The molecule has 2 aromatic carbocycles. The van der Waals surface area contributed by atoms with Crippen LogP contribution in [0.2, 0.25) is 0 Å². The topological polar surface area (TPSA) is 67.9 Å². The lowest BCUT2D eigenvalue weighted by molar-refractivity contribution is -0.136. The van der Waals surface area contributed by atoms with Crippen molar-refractivity contribution in [1.82, 2.24) is 4.90 Å². The summed E-state index contributed by atoms with van der Waals surface area (Å²) in [5, 5.41) is 4.83. The van der Waals surface area contributed by atoms with E-state index in [0.717, 1.165) is 4.88 Å². The van der Waals surface area contributed by atoms with E-state index in [2.05, 4.69) is 5.32 Å². The number of likely N-dealkylation sites (N-methyl/N-ethyl adjacent to an activating group) is 1. The van der Waals surface area contributed by atoms with Gasteiger partial charge in [0.05, 0.1) is 20.6 Å². The SMILES string of the molecule is COc1ccc(NC(=O)[C@@H](c2ccc(OC)cc2)N(C)C(=O)Cc2cccs2)cc1. The van der Waals surface area contributed by atoms with Crippen molar-refractivity contribution >= 4 is 28.8 Å². The molecule has 7 heteroatoms. The number of nitrogens with zero attached hydrogens (tertiary/aromatic N) is 1. The van der Waals surface area contributed by atoms with Crippen molar-refractivity contribution in [3.63, 3.8) is 0 Å². The van der Waals surface area contributed by atoms with E-state index in [4.69, 9.17) is 9.47 Å². The highest BCUT2D eigenvalue weighted by Crippen LogP contribution is 2.26. The molecule has 0 unspecified atom stereocenters. The van der Waals surface area contributed by atoms with Gasteiger partial charge in [0.2, 0.25) is 5.91 Å². The lowest BCUT2D eigenvalue weighted by Gasteiger charge is -2.28. The molecule has 1 N–H and O–H groups in total. The Labute approximate surface area is 180 Å². The second kappa shape index (κ2) is 9.93. The van der Waals surface area contributed by atoms with Gasteiger partial charge < -0.3 is 19.7 Å². The van der Waals surface area contributed by atoms with Crippen LogP contribution in [0.25, 0.3) is 0 Å². The molecule has 0 radical (unpaired) electrons. The number of hydrogen-bond acceptors (Lipinski definition) is 5. The highest BCUT2D eigenvalue weighted by molar-refractivity contribution is 7.10. The van der Waals surface area contributed by atoms with Crippen LogP contribution in [-0.4, -0.2) is 38.0 Å². The Bertz CT molecular complexity index is 969. The van der Waals surface area contributed by atoms with Crippen molar-refractivity contribution in [2.24, 2.45) is 0 Å². The van der Waals surface area contributed by atoms with Crippen LogP contribution in [0.5, 0.6) is 11.5 Å². The lowest BCUT2D eigenvalue weighted by Crippen LogP contribution is -2.39. The van der Waals surface area contributed by atoms with Gasteiger partial charge in [0.25, 0.3) is 5.91 Å². The summed E-state index contributed by atoms with van der Waals surface area (Å²) >= 11 is 1.52. The number of anilines is 1. The van der Waals surface area contributed by atoms with Crippen LogP contribution in [0.15, 0.2) is 66.0 Å². The van der Waals surface area contributed by atoms with Crippen molar-refractivity contribution in [2.75, 3.05) is 26.6 Å². The van der Waals surface area contributed by atoms with Crippen LogP contribution in [0.4, 0.5) is 5.69 Å². The second-order valence-electron chi connectivity index (χ2n) is 6.65. The number of carbonyl (C=O) groups is 2. The molecule has 1 heterocycles. The Balaban J connectivity index is 1.84. The van der Waals surface area contributed by atoms with E-state index in [1.807, 2.05) is 17.5 Å². The molecule has 0 saturated heterocycles. The first-order valence-electron chi connectivity index (χ1n) is 9.38. The lowest BCUT2D eigenvalue weighted by atomic mass is 10.0. The van der Waals surface area contributed by atoms with Crippen molar-refractivity contribution in [3.8, 4) is 11.5 Å². The van der Waals surface area contributed by atoms with E-state index in [1.54, 1.807) is 69.8 Å². The summed E-state index contributed by atoms with van der Waals surface area (Å²) in [5.74, 6) is 0.944. The predicted molar refractivity (Wildman–Crippen MR) is 118 cm³/mol. The number of benzene rings is 2. The first-order valence-corrected chi connectivity index (χ1v) is 10.3. The van der Waals surface area contributed by atoms with Gasteiger partial charge in [0.1, 0.15) is 17.5 Å². The number of carbonyl (C=O) groups excluding carboxylic acids is 2. The average molecular weight is 425 g/mol. The highest BCUT2D eigenvalue weighted by atomic mass is 32.1. The second-order valence-corrected chi connectivity index (χ2v) is 7.69. The van der Waals surface area contributed by atoms with Gasteiger partial charge in [0.15, 0.2) is 0 Å². The standard InChI is InChI=1S/C23H24N2O4S/c1-25(21(26)15-20-5-4-14-30-20)22(16-6-10-18(28-2)11-7-16)23(27)24-17-8-12-19(29-3)13-9-17/h4-14,22H,15H2,1-3H3,(H,24,27)/t22-/m1/s1. The molecule has 0 aliphatic rings. The van der Waals surface area contributed by atoms with E-state index in [1.165, 1.54) is 16.2 Å². The molecule has 0 aliphatic heterocycles. The predicted octanol–water partition coefficient (Wildman–Crippen LogP) is 4.15. The third kappa shape index (κ3) is 5.18. The zero-order chi connectivity index (χ0) is 21.5. The highest BCUT2D eigenvalue weighted by Gasteiger charge is 2.29. The fourth-order valence-corrected chi connectivity index (χ4v) is 3.75. The molecule has 0 spiro atoms. The number of nitrogens with one attached hydrogen (secondary N) is 1. The molecule has 1 aromatic heterocycles. The van der Waals surface area contributed by atoms with Crippen LogP contribution < -0.4 is 14.8 Å². The number of thiophene rings is 1. The van der Waals surface area contributed by atoms with E-state index >= 15 is 0 Å². The van der Waals surface area contributed by atoms with Crippen molar-refractivity contribution < 1.29 is 19.1 Å². The summed E-state index contributed by atoms with van der Waals surface area (Å²) in [4.78, 5) is 28.5. The van der Waals surface area contributed by atoms with Gasteiger partial charge >= 0.3 is 0 Å². The molecule has 30 heavy (non-hydrogen) atoms. The summed E-state index contributed by atoms with van der Waals surface area (Å²) in [5.41, 5.74) is 1.32. The van der Waals surface area contributed by atoms with Crippen LogP contribution in [0.1, 0.15) is 16.5 Å². The molecule has 6 nitrogen and oxygen atoms in total. The Morgan fingerprint density at radius 2 is 1.57 bits per heavy atom. The minimum absolute atomic E-state index is 0.136. The summed E-state index contributed by atoms with van der Waals surface area (Å²) in [6, 6.07) is 17.2. The van der Waals surface area contributed by atoms with E-state index < -0.39 is 6.04 Å². The van der Waals surface area contributed by atoms with Gasteiger partial charge in [-0.05, 0) is 53.4 Å². The summed E-state index contributed by atoms with van der Waals surface area (Å²) in [7, 11) is 4.82. The smallest absolute Gasteiger partial charge is 0.251 e. The third-order valence-electron chi connectivity index (χ3n) is 4.72. The first kappa shape index (κ1) is 21.4. The number of amides is 2. The van der Waals surface area contributed by atoms with Crippen molar-refractivity contribution in [2.45, 2.75) is 12.5 Å². The zero-order valence-corrected chi connectivity index (χ0v) is 17.9. The summed E-state index contributed by atoms with van der Waals surface area (Å²) in [6.07, 6.45) is 0.247. The van der Waals surface area contributed by atoms with Crippen LogP contribution in [0.3, 0.4) is 0 Å². The van der Waals surface area contributed by atoms with Gasteiger partial charge in [-0.3, -0.25) is 9.59 Å². The van der Waals surface area contributed by atoms with Crippen LogP contribution in [-0.2, 0) is 16.0 Å². The van der Waals surface area contributed by atoms with Gasteiger partial charge in [-0.15, -0.1) is 11.3 Å². The zero-order valence-electron chi connectivity index (χ0n) is 17.1. The molecule has 0 aliphatic carbocycles. The third-order valence-corrected chi connectivity index (χ3v) is 5.60. The molecular formula is C23H24N2O4S. The molecule has 156 valence electrons. The van der Waals surface area contributed by atoms with Crippen LogP contribution >= 0.6 is 11.3 Å². The number of ether oxygens (including phenoxy) is 2. The quantitative estimate of drug-likeness (QED) is 0.590. The first-order chi connectivity index (χ1) is 14.5. The minimum atomic E-state index is -0.787. The Morgan fingerprint density at radius 3 is 2.10 bits per heavy atom. The molecule has 3 rings (SSSR count). The molecule has 1 atom stereocenters. The molecular weight excluding hydrogens is 400 g/mol. The Kier molecular flexibility index (Phi) is 7.08. The minimum Gasteiger partial charge on any atom is -0.497 e. The molecule has 3 aromatic rings. The van der Waals surface area contributed by atoms with E-state index in [9.17, 15) is 9.59 Å². The van der Waals surface area contributed by atoms with Gasteiger partial charge in [-0.1, -0.05) is 18.2 Å². The molecule has 0 fully saturated rings. The van der Waals surface area contributed by atoms with Crippen molar-refractivity contribution in [3.05, 3.63) is 76.5 Å². The number of hydrogen-bond donors (Lipinski definition) is 1. The van der Waals surface area contributed by atoms with Gasteiger partial charge in [0, 0.05) is 17.6 Å². The number of rotatable bonds is 8. The van der Waals surface area contributed by atoms with E-state index in [0.29, 0.717) is 22.7 Å². The van der Waals surface area contributed by atoms with E-state index in [-0.39, 0.29) is 18.2 Å².